The molecule has 0 amide bonds. The minimum Gasteiger partial charge on any atom is -0.406 e. The van der Waals surface area contributed by atoms with E-state index in [2.05, 4.69) is 9.46 Å². The van der Waals surface area contributed by atoms with Crippen molar-refractivity contribution in [2.24, 2.45) is 0 Å². The van der Waals surface area contributed by atoms with Crippen LogP contribution in [0.3, 0.4) is 0 Å². The van der Waals surface area contributed by atoms with Gasteiger partial charge in [0.15, 0.2) is 0 Å². The zero-order chi connectivity index (χ0) is 16.1. The van der Waals surface area contributed by atoms with Crippen molar-refractivity contribution < 1.29 is 31.4 Å². The van der Waals surface area contributed by atoms with Gasteiger partial charge in [-0.05, 0) is 30.7 Å². The highest BCUT2D eigenvalue weighted by atomic mass is 32.2. The molecule has 21 heavy (non-hydrogen) atoms. The number of aliphatic hydroxyl groups is 1. The molecule has 0 saturated carbocycles. The smallest absolute Gasteiger partial charge is 0.406 e. The standard InChI is InChI=1S/C12H16F3NO4S/c1-2-3-9(17)8-16-21(18,19)11-6-4-10(5-7-11)20-12(13,14)15/h4-7,9,16-17H,2-3,8H2,1H3. The fourth-order valence-corrected chi connectivity index (χ4v) is 2.62. The fraction of sp³-hybridized carbons (Fsp3) is 0.500. The molecule has 0 aliphatic rings. The van der Waals surface area contributed by atoms with Crippen LogP contribution in [0.2, 0.25) is 0 Å². The van der Waals surface area contributed by atoms with Crippen molar-refractivity contribution in [2.75, 3.05) is 6.54 Å². The van der Waals surface area contributed by atoms with Gasteiger partial charge in [-0.25, -0.2) is 13.1 Å². The van der Waals surface area contributed by atoms with Gasteiger partial charge in [0.2, 0.25) is 10.0 Å². The highest BCUT2D eigenvalue weighted by molar-refractivity contribution is 7.89. The number of halogens is 3. The second kappa shape index (κ2) is 7.10. The Hall–Kier alpha value is -1.32. The Morgan fingerprint density at radius 1 is 1.29 bits per heavy atom. The first-order valence-electron chi connectivity index (χ1n) is 6.17. The van der Waals surface area contributed by atoms with Crippen LogP contribution in [0.1, 0.15) is 19.8 Å². The minimum absolute atomic E-state index is 0.156. The summed E-state index contributed by atoms with van der Waals surface area (Å²) in [4.78, 5) is -0.208. The van der Waals surface area contributed by atoms with Crippen LogP contribution in [0.25, 0.3) is 0 Å². The zero-order valence-electron chi connectivity index (χ0n) is 11.2. The van der Waals surface area contributed by atoms with Crippen molar-refractivity contribution in [1.29, 1.82) is 0 Å². The third-order valence-electron chi connectivity index (χ3n) is 2.50. The summed E-state index contributed by atoms with van der Waals surface area (Å²) in [7, 11) is -3.88. The summed E-state index contributed by atoms with van der Waals surface area (Å²) in [6, 6.07) is 3.81. The third-order valence-corrected chi connectivity index (χ3v) is 3.94. The van der Waals surface area contributed by atoms with Crippen molar-refractivity contribution in [3.8, 4) is 5.75 Å². The van der Waals surface area contributed by atoms with E-state index in [1.807, 2.05) is 6.92 Å². The molecule has 1 rings (SSSR count). The Bertz CT molecular complexity index is 543. The van der Waals surface area contributed by atoms with Crippen LogP contribution in [-0.4, -0.2) is 32.5 Å². The molecule has 2 N–H and O–H groups in total. The van der Waals surface area contributed by atoms with Gasteiger partial charge in [0, 0.05) is 6.54 Å². The highest BCUT2D eigenvalue weighted by Gasteiger charge is 2.31. The number of rotatable bonds is 7. The number of sulfonamides is 1. The maximum Gasteiger partial charge on any atom is 0.573 e. The summed E-state index contributed by atoms with van der Waals surface area (Å²) in [5.74, 6) is -0.507. The number of ether oxygens (including phenoxy) is 1. The molecule has 0 fully saturated rings. The van der Waals surface area contributed by atoms with Crippen LogP contribution in [0.5, 0.6) is 5.75 Å². The van der Waals surface area contributed by atoms with Gasteiger partial charge in [0.25, 0.3) is 0 Å². The van der Waals surface area contributed by atoms with Crippen LogP contribution >= 0.6 is 0 Å². The topological polar surface area (TPSA) is 75.6 Å². The number of hydrogen-bond donors (Lipinski definition) is 2. The Balaban J connectivity index is 2.71. The van der Waals surface area contributed by atoms with E-state index in [9.17, 15) is 26.7 Å². The van der Waals surface area contributed by atoms with Gasteiger partial charge in [-0.3, -0.25) is 0 Å². The number of hydrogen-bond acceptors (Lipinski definition) is 4. The lowest BCUT2D eigenvalue weighted by Gasteiger charge is -2.12. The van der Waals surface area contributed by atoms with Gasteiger partial charge in [-0.1, -0.05) is 13.3 Å². The first kappa shape index (κ1) is 17.7. The molecule has 0 aliphatic heterocycles. The zero-order valence-corrected chi connectivity index (χ0v) is 12.0. The predicted octanol–water partition coefficient (Wildman–Crippen LogP) is 2.02. The molecule has 1 atom stereocenters. The quantitative estimate of drug-likeness (QED) is 0.803. The summed E-state index contributed by atoms with van der Waals surface area (Å²) >= 11 is 0. The SMILES string of the molecule is CCCC(O)CNS(=O)(=O)c1ccc(OC(F)(F)F)cc1. The van der Waals surface area contributed by atoms with Crippen LogP contribution in [0.15, 0.2) is 29.2 Å². The molecule has 1 aromatic rings. The Morgan fingerprint density at radius 3 is 2.33 bits per heavy atom. The minimum atomic E-state index is -4.83. The third kappa shape index (κ3) is 6.32. The number of aliphatic hydroxyl groups excluding tert-OH is 1. The number of benzene rings is 1. The Labute approximate surface area is 120 Å². The monoisotopic (exact) mass is 327 g/mol. The molecule has 0 saturated heterocycles. The second-order valence-electron chi connectivity index (χ2n) is 4.31. The van der Waals surface area contributed by atoms with Gasteiger partial charge >= 0.3 is 6.36 Å². The van der Waals surface area contributed by atoms with Crippen LogP contribution in [-0.2, 0) is 10.0 Å². The Kier molecular flexibility index (Phi) is 5.99. The average Bonchev–Trinajstić information content (AvgIpc) is 2.36. The molecular weight excluding hydrogens is 311 g/mol. The predicted molar refractivity (Wildman–Crippen MR) is 69.2 cm³/mol. The Morgan fingerprint density at radius 2 is 1.86 bits per heavy atom. The van der Waals surface area contributed by atoms with E-state index >= 15 is 0 Å². The van der Waals surface area contributed by atoms with Crippen molar-refractivity contribution in [1.82, 2.24) is 4.72 Å². The van der Waals surface area contributed by atoms with Gasteiger partial charge in [0.05, 0.1) is 11.0 Å². The molecule has 0 spiro atoms. The van der Waals surface area contributed by atoms with Gasteiger partial charge in [-0.2, -0.15) is 0 Å². The molecule has 0 aromatic heterocycles. The lowest BCUT2D eigenvalue weighted by Crippen LogP contribution is -2.32. The molecule has 9 heteroatoms. The summed E-state index contributed by atoms with van der Waals surface area (Å²) in [5, 5.41) is 9.46. The average molecular weight is 327 g/mol. The molecule has 1 aromatic carbocycles. The van der Waals surface area contributed by atoms with E-state index in [-0.39, 0.29) is 11.4 Å². The summed E-state index contributed by atoms with van der Waals surface area (Å²) < 4.78 is 65.5. The van der Waals surface area contributed by atoms with E-state index in [0.717, 1.165) is 24.3 Å². The summed E-state index contributed by atoms with van der Waals surface area (Å²) in [6.45, 7) is 1.69. The fourth-order valence-electron chi connectivity index (χ4n) is 1.54. The maximum atomic E-state index is 12.0. The lowest BCUT2D eigenvalue weighted by molar-refractivity contribution is -0.274. The van der Waals surface area contributed by atoms with Crippen LogP contribution < -0.4 is 9.46 Å². The van der Waals surface area contributed by atoms with E-state index in [0.29, 0.717) is 12.8 Å². The molecule has 0 aliphatic carbocycles. The van der Waals surface area contributed by atoms with Crippen molar-refractivity contribution in [3.05, 3.63) is 24.3 Å². The molecule has 120 valence electrons. The molecular formula is C12H16F3NO4S. The summed E-state index contributed by atoms with van der Waals surface area (Å²) in [5.41, 5.74) is 0. The van der Waals surface area contributed by atoms with Crippen molar-refractivity contribution >= 4 is 10.0 Å². The lowest BCUT2D eigenvalue weighted by atomic mass is 10.2. The first-order valence-corrected chi connectivity index (χ1v) is 7.66. The molecule has 0 heterocycles. The molecule has 0 bridgehead atoms. The van der Waals surface area contributed by atoms with Crippen LogP contribution in [0.4, 0.5) is 13.2 Å². The largest absolute Gasteiger partial charge is 0.573 e. The molecule has 5 nitrogen and oxygen atoms in total. The number of alkyl halides is 3. The van der Waals surface area contributed by atoms with Crippen molar-refractivity contribution in [3.63, 3.8) is 0 Å². The first-order chi connectivity index (χ1) is 9.64. The number of nitrogens with one attached hydrogen (secondary N) is 1. The van der Waals surface area contributed by atoms with E-state index in [1.165, 1.54) is 0 Å². The summed E-state index contributed by atoms with van der Waals surface area (Å²) in [6.07, 6.45) is -4.49. The molecule has 0 radical (unpaired) electrons. The van der Waals surface area contributed by atoms with E-state index in [4.69, 9.17) is 0 Å². The second-order valence-corrected chi connectivity index (χ2v) is 6.08. The molecule has 1 unspecified atom stereocenters. The van der Waals surface area contributed by atoms with Gasteiger partial charge in [0.1, 0.15) is 5.75 Å². The maximum absolute atomic E-state index is 12.0. The van der Waals surface area contributed by atoms with Gasteiger partial charge < -0.3 is 9.84 Å². The van der Waals surface area contributed by atoms with Crippen molar-refractivity contribution in [2.45, 2.75) is 37.1 Å². The van der Waals surface area contributed by atoms with Crippen LogP contribution in [0, 0.1) is 0 Å². The van der Waals surface area contributed by atoms with E-state index < -0.39 is 28.2 Å². The van der Waals surface area contributed by atoms with Gasteiger partial charge in [-0.15, -0.1) is 13.2 Å². The highest BCUT2D eigenvalue weighted by Crippen LogP contribution is 2.23. The normalized spacial score (nSPS) is 14.0. The van der Waals surface area contributed by atoms with E-state index in [1.54, 1.807) is 0 Å².